The van der Waals surface area contributed by atoms with Crippen molar-refractivity contribution in [3.63, 3.8) is 0 Å². The summed E-state index contributed by atoms with van der Waals surface area (Å²) in [5.41, 5.74) is 0.631. The molecule has 2 heterocycles. The minimum Gasteiger partial charge on any atom is -0.486 e. The fourth-order valence-corrected chi connectivity index (χ4v) is 2.64. The number of carbonyl (C=O) groups is 1. The average molecular weight is 344 g/mol. The maximum Gasteiger partial charge on any atom is 0.251 e. The highest BCUT2D eigenvalue weighted by Gasteiger charge is 2.11. The van der Waals surface area contributed by atoms with E-state index in [-0.39, 0.29) is 5.91 Å². The summed E-state index contributed by atoms with van der Waals surface area (Å²) in [4.78, 5) is 18.7. The van der Waals surface area contributed by atoms with E-state index in [0.717, 1.165) is 38.7 Å². The summed E-state index contributed by atoms with van der Waals surface area (Å²) < 4.78 is 12.9. The normalized spacial score (nSPS) is 15.1. The number of nitrogens with one attached hydrogen (secondary N) is 1. The molecular formula is C18H24N4O3. The lowest BCUT2D eigenvalue weighted by atomic mass is 10.2. The van der Waals surface area contributed by atoms with Gasteiger partial charge >= 0.3 is 0 Å². The van der Waals surface area contributed by atoms with Gasteiger partial charge in [-0.3, -0.25) is 9.69 Å². The SMILES string of the molecule is Cn1ccnc1COc1ccc(C(=O)NCCN2CCOCC2)cc1. The van der Waals surface area contributed by atoms with Gasteiger partial charge in [0.1, 0.15) is 18.2 Å². The summed E-state index contributed by atoms with van der Waals surface area (Å²) in [6, 6.07) is 7.16. The number of amides is 1. The number of hydrogen-bond acceptors (Lipinski definition) is 5. The fraction of sp³-hybridized carbons (Fsp3) is 0.444. The molecule has 0 saturated carbocycles. The lowest BCUT2D eigenvalue weighted by Gasteiger charge is -2.26. The summed E-state index contributed by atoms with van der Waals surface area (Å²) in [6.07, 6.45) is 3.62. The molecule has 0 spiro atoms. The Kier molecular flexibility index (Phi) is 6.03. The molecule has 7 heteroatoms. The van der Waals surface area contributed by atoms with Gasteiger partial charge in [0.15, 0.2) is 0 Å². The number of carbonyl (C=O) groups excluding carboxylic acids is 1. The molecule has 0 radical (unpaired) electrons. The fourth-order valence-electron chi connectivity index (χ4n) is 2.64. The lowest BCUT2D eigenvalue weighted by Crippen LogP contribution is -2.41. The van der Waals surface area contributed by atoms with Crippen LogP contribution in [0, 0.1) is 0 Å². The van der Waals surface area contributed by atoms with Crippen molar-refractivity contribution in [2.75, 3.05) is 39.4 Å². The van der Waals surface area contributed by atoms with Gasteiger partial charge in [-0.2, -0.15) is 0 Å². The number of morpholine rings is 1. The minimum absolute atomic E-state index is 0.0658. The average Bonchev–Trinajstić information content (AvgIpc) is 3.06. The van der Waals surface area contributed by atoms with E-state index in [1.54, 1.807) is 30.5 Å². The van der Waals surface area contributed by atoms with E-state index in [1.165, 1.54) is 0 Å². The monoisotopic (exact) mass is 344 g/mol. The summed E-state index contributed by atoms with van der Waals surface area (Å²) in [6.45, 7) is 5.28. The first kappa shape index (κ1) is 17.4. The number of nitrogens with zero attached hydrogens (tertiary/aromatic N) is 3. The zero-order chi connectivity index (χ0) is 17.5. The Morgan fingerprint density at radius 3 is 2.72 bits per heavy atom. The number of aromatic nitrogens is 2. The third-order valence-electron chi connectivity index (χ3n) is 4.22. The summed E-state index contributed by atoms with van der Waals surface area (Å²) in [5.74, 6) is 1.50. The van der Waals surface area contributed by atoms with Gasteiger partial charge in [0, 0.05) is 51.2 Å². The lowest BCUT2D eigenvalue weighted by molar-refractivity contribution is 0.0383. The van der Waals surface area contributed by atoms with Crippen molar-refractivity contribution in [2.45, 2.75) is 6.61 Å². The number of imidazole rings is 1. The van der Waals surface area contributed by atoms with Crippen molar-refractivity contribution in [1.29, 1.82) is 0 Å². The van der Waals surface area contributed by atoms with Crippen LogP contribution in [0.3, 0.4) is 0 Å². The van der Waals surface area contributed by atoms with E-state index in [9.17, 15) is 4.79 Å². The predicted octanol–water partition coefficient (Wildman–Crippen LogP) is 1.06. The highest BCUT2D eigenvalue weighted by molar-refractivity contribution is 5.94. The third kappa shape index (κ3) is 5.04. The third-order valence-corrected chi connectivity index (χ3v) is 4.22. The van der Waals surface area contributed by atoms with Gasteiger partial charge in [-0.05, 0) is 24.3 Å². The van der Waals surface area contributed by atoms with Crippen LogP contribution in [0.1, 0.15) is 16.2 Å². The van der Waals surface area contributed by atoms with Crippen LogP contribution < -0.4 is 10.1 Å². The van der Waals surface area contributed by atoms with Gasteiger partial charge in [0.25, 0.3) is 5.91 Å². The Morgan fingerprint density at radius 1 is 1.28 bits per heavy atom. The van der Waals surface area contributed by atoms with E-state index in [1.807, 2.05) is 17.8 Å². The van der Waals surface area contributed by atoms with Crippen molar-refractivity contribution in [1.82, 2.24) is 19.8 Å². The molecule has 0 bridgehead atoms. The Hall–Kier alpha value is -2.38. The van der Waals surface area contributed by atoms with Gasteiger partial charge in [-0.1, -0.05) is 0 Å². The molecule has 2 aromatic rings. The molecule has 1 aliphatic rings. The molecule has 1 saturated heterocycles. The molecule has 134 valence electrons. The minimum atomic E-state index is -0.0658. The maximum atomic E-state index is 12.2. The van der Waals surface area contributed by atoms with E-state index in [2.05, 4.69) is 15.2 Å². The predicted molar refractivity (Wildman–Crippen MR) is 93.6 cm³/mol. The van der Waals surface area contributed by atoms with Gasteiger partial charge in [-0.15, -0.1) is 0 Å². The molecule has 3 rings (SSSR count). The highest BCUT2D eigenvalue weighted by Crippen LogP contribution is 2.13. The number of hydrogen-bond donors (Lipinski definition) is 1. The van der Waals surface area contributed by atoms with Gasteiger partial charge in [0.2, 0.25) is 0 Å². The van der Waals surface area contributed by atoms with Crippen molar-refractivity contribution in [3.05, 3.63) is 48.0 Å². The van der Waals surface area contributed by atoms with Crippen LogP contribution >= 0.6 is 0 Å². The number of ether oxygens (including phenoxy) is 2. The zero-order valence-electron chi connectivity index (χ0n) is 14.5. The molecule has 1 amide bonds. The Morgan fingerprint density at radius 2 is 2.04 bits per heavy atom. The first-order chi connectivity index (χ1) is 12.2. The summed E-state index contributed by atoms with van der Waals surface area (Å²) in [7, 11) is 1.93. The van der Waals surface area contributed by atoms with E-state index in [4.69, 9.17) is 9.47 Å². The Labute approximate surface area is 147 Å². The molecule has 1 aromatic heterocycles. The van der Waals surface area contributed by atoms with Gasteiger partial charge < -0.3 is 19.4 Å². The molecule has 0 unspecified atom stereocenters. The molecule has 1 fully saturated rings. The first-order valence-electron chi connectivity index (χ1n) is 8.50. The number of benzene rings is 1. The quantitative estimate of drug-likeness (QED) is 0.813. The van der Waals surface area contributed by atoms with Crippen LogP contribution in [0.4, 0.5) is 0 Å². The van der Waals surface area contributed by atoms with Crippen LogP contribution in [0.2, 0.25) is 0 Å². The second kappa shape index (κ2) is 8.64. The van der Waals surface area contributed by atoms with Crippen molar-refractivity contribution in [2.24, 2.45) is 7.05 Å². The summed E-state index contributed by atoms with van der Waals surface area (Å²) in [5, 5.41) is 2.95. The van der Waals surface area contributed by atoms with Gasteiger partial charge in [-0.25, -0.2) is 4.98 Å². The first-order valence-corrected chi connectivity index (χ1v) is 8.50. The van der Waals surface area contributed by atoms with E-state index >= 15 is 0 Å². The van der Waals surface area contributed by atoms with Crippen LogP contribution in [0.5, 0.6) is 5.75 Å². The molecule has 1 N–H and O–H groups in total. The topological polar surface area (TPSA) is 68.6 Å². The molecule has 1 aromatic carbocycles. The van der Waals surface area contributed by atoms with Crippen LogP contribution in [-0.4, -0.2) is 59.8 Å². The second-order valence-electron chi connectivity index (χ2n) is 5.98. The van der Waals surface area contributed by atoms with Crippen molar-refractivity contribution < 1.29 is 14.3 Å². The maximum absolute atomic E-state index is 12.2. The second-order valence-corrected chi connectivity index (χ2v) is 5.98. The molecule has 7 nitrogen and oxygen atoms in total. The van der Waals surface area contributed by atoms with E-state index in [0.29, 0.717) is 24.5 Å². The standard InChI is InChI=1S/C18H24N4O3/c1-21-8-6-19-17(21)14-25-16-4-2-15(3-5-16)18(23)20-7-9-22-10-12-24-13-11-22/h2-6,8H,7,9-14H2,1H3,(H,20,23). The molecule has 0 aliphatic carbocycles. The van der Waals surface area contributed by atoms with Crippen LogP contribution in [-0.2, 0) is 18.4 Å². The molecule has 25 heavy (non-hydrogen) atoms. The number of rotatable bonds is 7. The zero-order valence-corrected chi connectivity index (χ0v) is 14.5. The Balaban J connectivity index is 1.43. The van der Waals surface area contributed by atoms with Crippen LogP contribution in [0.15, 0.2) is 36.7 Å². The van der Waals surface area contributed by atoms with Crippen LogP contribution in [0.25, 0.3) is 0 Å². The summed E-state index contributed by atoms with van der Waals surface area (Å²) >= 11 is 0. The molecular weight excluding hydrogens is 320 g/mol. The number of aryl methyl sites for hydroxylation is 1. The van der Waals surface area contributed by atoms with Crippen molar-refractivity contribution >= 4 is 5.91 Å². The van der Waals surface area contributed by atoms with E-state index < -0.39 is 0 Å². The Bertz CT molecular complexity index is 678. The smallest absolute Gasteiger partial charge is 0.251 e. The molecule has 1 aliphatic heterocycles. The largest absolute Gasteiger partial charge is 0.486 e. The highest BCUT2D eigenvalue weighted by atomic mass is 16.5. The van der Waals surface area contributed by atoms with Crippen molar-refractivity contribution in [3.8, 4) is 5.75 Å². The molecule has 0 atom stereocenters. The van der Waals surface area contributed by atoms with Gasteiger partial charge in [0.05, 0.1) is 13.2 Å².